The SMILES string of the molecule is Cc1c(C(=O)O)cn2ncc(C#N)c(Nc3ccc(Oc4ccc(Cl)cc4)cc3)c12. The van der Waals surface area contributed by atoms with Crippen LogP contribution in [0.25, 0.3) is 5.52 Å². The first-order valence-electron chi connectivity index (χ1n) is 8.91. The van der Waals surface area contributed by atoms with Crippen molar-refractivity contribution in [1.29, 1.82) is 5.26 Å². The molecule has 2 aromatic carbocycles. The summed E-state index contributed by atoms with van der Waals surface area (Å²) < 4.78 is 7.24. The van der Waals surface area contributed by atoms with Crippen LogP contribution in [0.15, 0.2) is 60.9 Å². The van der Waals surface area contributed by atoms with Crippen LogP contribution in [0.4, 0.5) is 11.4 Å². The molecule has 2 heterocycles. The Balaban J connectivity index is 1.66. The maximum Gasteiger partial charge on any atom is 0.337 e. The molecule has 0 radical (unpaired) electrons. The third-order valence-corrected chi connectivity index (χ3v) is 4.83. The van der Waals surface area contributed by atoms with Gasteiger partial charge in [0.1, 0.15) is 17.6 Å². The second kappa shape index (κ2) is 7.78. The second-order valence-corrected chi connectivity index (χ2v) is 6.95. The van der Waals surface area contributed by atoms with Gasteiger partial charge in [0.25, 0.3) is 0 Å². The van der Waals surface area contributed by atoms with Crippen LogP contribution in [0.5, 0.6) is 11.5 Å². The largest absolute Gasteiger partial charge is 0.478 e. The van der Waals surface area contributed by atoms with Crippen LogP contribution >= 0.6 is 11.6 Å². The van der Waals surface area contributed by atoms with Crippen molar-refractivity contribution in [3.05, 3.63) is 82.6 Å². The van der Waals surface area contributed by atoms with E-state index in [0.29, 0.717) is 44.5 Å². The second-order valence-electron chi connectivity index (χ2n) is 6.52. The van der Waals surface area contributed by atoms with Crippen molar-refractivity contribution in [2.75, 3.05) is 5.32 Å². The number of nitriles is 1. The average molecular weight is 419 g/mol. The number of aryl methyl sites for hydroxylation is 1. The molecule has 0 amide bonds. The van der Waals surface area contributed by atoms with E-state index in [1.54, 1.807) is 55.5 Å². The number of carbonyl (C=O) groups is 1. The predicted molar refractivity (Wildman–Crippen MR) is 113 cm³/mol. The van der Waals surface area contributed by atoms with Gasteiger partial charge in [0.05, 0.1) is 28.5 Å². The van der Waals surface area contributed by atoms with Crippen molar-refractivity contribution in [3.63, 3.8) is 0 Å². The van der Waals surface area contributed by atoms with Gasteiger partial charge >= 0.3 is 5.97 Å². The van der Waals surface area contributed by atoms with Crippen molar-refractivity contribution in [1.82, 2.24) is 9.61 Å². The Morgan fingerprint density at radius 3 is 2.40 bits per heavy atom. The number of carboxylic acids is 1. The van der Waals surface area contributed by atoms with Gasteiger partial charge in [-0.05, 0) is 61.0 Å². The fourth-order valence-corrected chi connectivity index (χ4v) is 3.23. The van der Waals surface area contributed by atoms with Crippen LogP contribution in [-0.2, 0) is 0 Å². The van der Waals surface area contributed by atoms with Crippen molar-refractivity contribution in [2.45, 2.75) is 6.92 Å². The summed E-state index contributed by atoms with van der Waals surface area (Å²) in [5, 5.41) is 26.9. The van der Waals surface area contributed by atoms with Gasteiger partial charge in [-0.3, -0.25) is 0 Å². The molecular weight excluding hydrogens is 404 g/mol. The molecule has 0 atom stereocenters. The number of carboxylic acid groups (broad SMARTS) is 1. The zero-order chi connectivity index (χ0) is 21.3. The van der Waals surface area contributed by atoms with Crippen LogP contribution in [0.2, 0.25) is 5.02 Å². The van der Waals surface area contributed by atoms with Gasteiger partial charge in [0, 0.05) is 16.9 Å². The topological polar surface area (TPSA) is 99.6 Å². The molecule has 0 bridgehead atoms. The highest BCUT2D eigenvalue weighted by atomic mass is 35.5. The smallest absolute Gasteiger partial charge is 0.337 e. The molecule has 2 N–H and O–H groups in total. The van der Waals surface area contributed by atoms with Gasteiger partial charge in [-0.1, -0.05) is 11.6 Å². The summed E-state index contributed by atoms with van der Waals surface area (Å²) >= 11 is 5.88. The number of benzene rings is 2. The van der Waals surface area contributed by atoms with Gasteiger partial charge in [0.2, 0.25) is 0 Å². The standard InChI is InChI=1S/C22H15ClN4O3/c1-13-19(22(28)29)12-27-21(13)20(14(10-24)11-25-27)26-16-4-8-18(9-5-16)30-17-6-2-15(23)3-7-17/h2-9,11-12,26H,1H3,(H,28,29). The summed E-state index contributed by atoms with van der Waals surface area (Å²) in [5.74, 6) is 0.245. The summed E-state index contributed by atoms with van der Waals surface area (Å²) in [5.41, 5.74) is 2.70. The fraction of sp³-hybridized carbons (Fsp3) is 0.0455. The normalized spacial score (nSPS) is 10.6. The Labute approximate surface area is 176 Å². The number of halogens is 1. The van der Waals surface area contributed by atoms with Crippen LogP contribution in [0, 0.1) is 18.3 Å². The van der Waals surface area contributed by atoms with Crippen molar-refractivity contribution >= 4 is 34.5 Å². The molecule has 2 aromatic heterocycles. The molecule has 0 aliphatic carbocycles. The number of aromatic nitrogens is 2. The number of ether oxygens (including phenoxy) is 1. The number of aromatic carboxylic acids is 1. The number of fused-ring (bicyclic) bond motifs is 1. The molecular formula is C22H15ClN4O3. The fourth-order valence-electron chi connectivity index (χ4n) is 3.10. The van der Waals surface area contributed by atoms with Gasteiger partial charge in [-0.25, -0.2) is 9.31 Å². The minimum Gasteiger partial charge on any atom is -0.478 e. The molecule has 4 rings (SSSR count). The van der Waals surface area contributed by atoms with Gasteiger partial charge in [0.15, 0.2) is 0 Å². The first-order chi connectivity index (χ1) is 14.5. The maximum absolute atomic E-state index is 11.5. The van der Waals surface area contributed by atoms with Crippen LogP contribution < -0.4 is 10.1 Å². The van der Waals surface area contributed by atoms with E-state index in [9.17, 15) is 15.2 Å². The Bertz CT molecular complexity index is 1290. The van der Waals surface area contributed by atoms with Crippen LogP contribution in [-0.4, -0.2) is 20.7 Å². The first-order valence-corrected chi connectivity index (χ1v) is 9.29. The molecule has 8 heteroatoms. The number of rotatable bonds is 5. The van der Waals surface area contributed by atoms with E-state index in [4.69, 9.17) is 16.3 Å². The molecule has 0 saturated carbocycles. The van der Waals surface area contributed by atoms with Gasteiger partial charge in [-0.15, -0.1) is 0 Å². The number of hydrogen-bond acceptors (Lipinski definition) is 5. The Morgan fingerprint density at radius 1 is 1.17 bits per heavy atom. The Kier molecular flexibility index (Phi) is 5.00. The number of nitrogens with one attached hydrogen (secondary N) is 1. The average Bonchev–Trinajstić information content (AvgIpc) is 3.08. The van der Waals surface area contributed by atoms with E-state index >= 15 is 0 Å². The summed E-state index contributed by atoms with van der Waals surface area (Å²) in [4.78, 5) is 11.5. The minimum absolute atomic E-state index is 0.132. The van der Waals surface area contributed by atoms with E-state index in [0.717, 1.165) is 0 Å². The lowest BCUT2D eigenvalue weighted by atomic mass is 10.1. The molecule has 0 fully saturated rings. The number of anilines is 2. The molecule has 0 unspecified atom stereocenters. The van der Waals surface area contributed by atoms with Crippen LogP contribution in [0.3, 0.4) is 0 Å². The highest BCUT2D eigenvalue weighted by molar-refractivity contribution is 6.30. The van der Waals surface area contributed by atoms with E-state index < -0.39 is 5.97 Å². The van der Waals surface area contributed by atoms with Crippen molar-refractivity contribution in [3.8, 4) is 17.6 Å². The first kappa shape index (κ1) is 19.3. The summed E-state index contributed by atoms with van der Waals surface area (Å²) in [6.45, 7) is 1.69. The summed E-state index contributed by atoms with van der Waals surface area (Å²) in [6.07, 6.45) is 2.83. The monoisotopic (exact) mass is 418 g/mol. The third kappa shape index (κ3) is 3.64. The third-order valence-electron chi connectivity index (χ3n) is 4.58. The maximum atomic E-state index is 11.5. The van der Waals surface area contributed by atoms with E-state index in [2.05, 4.69) is 16.5 Å². The zero-order valence-corrected chi connectivity index (χ0v) is 16.5. The molecule has 4 aromatic rings. The minimum atomic E-state index is -1.05. The molecule has 7 nitrogen and oxygen atoms in total. The van der Waals surface area contributed by atoms with Crippen molar-refractivity contribution in [2.24, 2.45) is 0 Å². The molecule has 0 aliphatic heterocycles. The van der Waals surface area contributed by atoms with Crippen molar-refractivity contribution < 1.29 is 14.6 Å². The van der Waals surface area contributed by atoms with Crippen LogP contribution in [0.1, 0.15) is 21.5 Å². The molecule has 0 aliphatic rings. The van der Waals surface area contributed by atoms with Gasteiger partial charge in [-0.2, -0.15) is 10.4 Å². The summed E-state index contributed by atoms with van der Waals surface area (Å²) in [6, 6.07) is 16.3. The predicted octanol–water partition coefficient (Wildman–Crippen LogP) is 5.40. The Hall–Kier alpha value is -4.02. The molecule has 148 valence electrons. The summed E-state index contributed by atoms with van der Waals surface area (Å²) in [7, 11) is 0. The number of hydrogen-bond donors (Lipinski definition) is 2. The van der Waals surface area contributed by atoms with Gasteiger partial charge < -0.3 is 15.2 Å². The van der Waals surface area contributed by atoms with E-state index in [1.807, 2.05) is 0 Å². The highest BCUT2D eigenvalue weighted by Gasteiger charge is 2.19. The van der Waals surface area contributed by atoms with E-state index in [-0.39, 0.29) is 5.56 Å². The molecule has 30 heavy (non-hydrogen) atoms. The highest BCUT2D eigenvalue weighted by Crippen LogP contribution is 2.31. The Morgan fingerprint density at radius 2 is 1.80 bits per heavy atom. The quantitative estimate of drug-likeness (QED) is 0.450. The lowest BCUT2D eigenvalue weighted by molar-refractivity contribution is 0.0696. The zero-order valence-electron chi connectivity index (χ0n) is 15.8. The van der Waals surface area contributed by atoms with E-state index in [1.165, 1.54) is 16.9 Å². The lowest BCUT2D eigenvalue weighted by Gasteiger charge is -2.12. The lowest BCUT2D eigenvalue weighted by Crippen LogP contribution is -2.01. The molecule has 0 saturated heterocycles. The molecule has 0 spiro atoms. The number of nitrogens with zero attached hydrogens (tertiary/aromatic N) is 3.